The summed E-state index contributed by atoms with van der Waals surface area (Å²) in [5.74, 6) is 0.414. The summed E-state index contributed by atoms with van der Waals surface area (Å²) < 4.78 is 11.4. The summed E-state index contributed by atoms with van der Waals surface area (Å²) in [6.45, 7) is 2.86. The van der Waals surface area contributed by atoms with E-state index in [2.05, 4.69) is 5.32 Å². The number of amides is 2. The molecule has 2 amide bonds. The van der Waals surface area contributed by atoms with Crippen molar-refractivity contribution in [1.82, 2.24) is 10.2 Å². The Labute approximate surface area is 207 Å². The molecule has 0 spiro atoms. The van der Waals surface area contributed by atoms with Gasteiger partial charge in [-0.3, -0.25) is 9.59 Å². The molecule has 6 nitrogen and oxygen atoms in total. The first-order chi connectivity index (χ1) is 16.6. The Morgan fingerprint density at radius 2 is 1.82 bits per heavy atom. The summed E-state index contributed by atoms with van der Waals surface area (Å²) in [5, 5.41) is 3.20. The lowest BCUT2D eigenvalue weighted by atomic mass is 9.94. The molecule has 0 heterocycles. The molecule has 1 aliphatic rings. The molecule has 0 unspecified atom stereocenters. The maximum atomic E-state index is 13.7. The molecule has 7 heteroatoms. The van der Waals surface area contributed by atoms with Gasteiger partial charge in [-0.2, -0.15) is 0 Å². The first-order valence-corrected chi connectivity index (χ1v) is 12.6. The average Bonchev–Trinajstić information content (AvgIpc) is 2.88. The van der Waals surface area contributed by atoms with Gasteiger partial charge in [0.15, 0.2) is 11.5 Å². The van der Waals surface area contributed by atoms with Crippen LogP contribution in [0, 0.1) is 0 Å². The van der Waals surface area contributed by atoms with Crippen LogP contribution in [-0.4, -0.2) is 42.4 Å². The van der Waals surface area contributed by atoms with Crippen LogP contribution in [0.4, 0.5) is 0 Å². The number of alkyl halides is 1. The van der Waals surface area contributed by atoms with E-state index < -0.39 is 6.04 Å². The van der Waals surface area contributed by atoms with Gasteiger partial charge in [-0.1, -0.05) is 62.6 Å². The van der Waals surface area contributed by atoms with Gasteiger partial charge >= 0.3 is 0 Å². The van der Waals surface area contributed by atoms with Crippen LogP contribution in [0.15, 0.2) is 48.5 Å². The van der Waals surface area contributed by atoms with E-state index in [9.17, 15) is 9.59 Å². The molecule has 0 aromatic heterocycles. The zero-order valence-electron chi connectivity index (χ0n) is 20.1. The second kappa shape index (κ2) is 13.2. The third kappa shape index (κ3) is 6.89. The van der Waals surface area contributed by atoms with Crippen molar-refractivity contribution in [3.05, 3.63) is 59.7 Å². The Bertz CT molecular complexity index is 931. The van der Waals surface area contributed by atoms with E-state index in [1.807, 2.05) is 43.3 Å². The van der Waals surface area contributed by atoms with Crippen molar-refractivity contribution >= 4 is 23.4 Å². The van der Waals surface area contributed by atoms with E-state index in [1.165, 1.54) is 6.42 Å². The zero-order chi connectivity index (χ0) is 24.3. The fraction of sp³-hybridized carbons (Fsp3) is 0.481. The normalized spacial score (nSPS) is 14.8. The molecule has 0 bridgehead atoms. The van der Waals surface area contributed by atoms with Crippen molar-refractivity contribution in [2.75, 3.05) is 19.6 Å². The molecule has 34 heavy (non-hydrogen) atoms. The van der Waals surface area contributed by atoms with Crippen LogP contribution in [-0.2, 0) is 16.1 Å². The fourth-order valence-corrected chi connectivity index (χ4v) is 4.52. The lowest BCUT2D eigenvalue weighted by Crippen LogP contribution is -2.47. The highest BCUT2D eigenvalue weighted by Crippen LogP contribution is 2.34. The largest absolute Gasteiger partial charge is 0.493 e. The maximum absolute atomic E-state index is 13.7. The van der Waals surface area contributed by atoms with Gasteiger partial charge < -0.3 is 19.7 Å². The van der Waals surface area contributed by atoms with E-state index in [-0.39, 0.29) is 30.3 Å². The molecule has 2 aromatic carbocycles. The van der Waals surface area contributed by atoms with E-state index in [0.29, 0.717) is 23.7 Å². The predicted octanol–water partition coefficient (Wildman–Crippen LogP) is 5.24. The molecular weight excluding hydrogens is 452 g/mol. The summed E-state index contributed by atoms with van der Waals surface area (Å²) in [6, 6.07) is 14.3. The van der Waals surface area contributed by atoms with Crippen LogP contribution in [0.25, 0.3) is 0 Å². The number of rotatable bonds is 11. The van der Waals surface area contributed by atoms with Gasteiger partial charge in [0, 0.05) is 12.6 Å². The number of benzene rings is 2. The molecule has 1 N–H and O–H groups in total. The second-order valence-corrected chi connectivity index (χ2v) is 8.91. The van der Waals surface area contributed by atoms with Crippen LogP contribution in [0.3, 0.4) is 0 Å². The molecule has 0 aliphatic heterocycles. The lowest BCUT2D eigenvalue weighted by molar-refractivity contribution is -0.140. The number of carbonyl (C=O) groups excluding carboxylic acids is 2. The quantitative estimate of drug-likeness (QED) is 0.441. The molecule has 1 atom stereocenters. The number of hydrogen-bond acceptors (Lipinski definition) is 4. The number of nitrogens with zero attached hydrogens (tertiary/aromatic N) is 1. The Balaban J connectivity index is 1.99. The number of halogens is 1. The molecule has 1 aliphatic carbocycles. The third-order valence-corrected chi connectivity index (χ3v) is 6.34. The van der Waals surface area contributed by atoms with E-state index in [1.54, 1.807) is 24.1 Å². The molecule has 1 fully saturated rings. The standard InChI is InChI=1S/C27H35ClN2O4/c1-3-16-34-23-15-14-21(17-24(23)33-2)26(27(32)29-22-12-8-5-9-13-22)30(25(31)18-28)19-20-10-6-4-7-11-20/h4,6-7,10-11,14-15,17,22,26H,3,5,8-9,12-13,16,18-19H2,1-2H3,(H,29,32)/t26-/m0/s1. The Morgan fingerprint density at radius 3 is 2.47 bits per heavy atom. The highest BCUT2D eigenvalue weighted by atomic mass is 35.5. The SMILES string of the molecule is CCCOc1ccc([C@@H](C(=O)NC2CCCCC2)N(Cc2ccccc2)C(=O)CCl)cc1OC. The third-order valence-electron chi connectivity index (χ3n) is 6.11. The van der Waals surface area contributed by atoms with Crippen molar-refractivity contribution in [2.24, 2.45) is 0 Å². The van der Waals surface area contributed by atoms with Crippen LogP contribution < -0.4 is 14.8 Å². The monoisotopic (exact) mass is 486 g/mol. The van der Waals surface area contributed by atoms with Crippen LogP contribution in [0.1, 0.15) is 62.6 Å². The Kier molecular flexibility index (Phi) is 10.1. The summed E-state index contributed by atoms with van der Waals surface area (Å²) in [4.78, 5) is 28.3. The molecule has 1 saturated carbocycles. The van der Waals surface area contributed by atoms with Gasteiger partial charge in [-0.25, -0.2) is 0 Å². The molecule has 184 valence electrons. The highest BCUT2D eigenvalue weighted by Gasteiger charge is 2.33. The minimum absolute atomic E-state index is 0.113. The molecule has 0 radical (unpaired) electrons. The summed E-state index contributed by atoms with van der Waals surface area (Å²) in [6.07, 6.45) is 6.16. The van der Waals surface area contributed by atoms with E-state index >= 15 is 0 Å². The highest BCUT2D eigenvalue weighted by molar-refractivity contribution is 6.27. The van der Waals surface area contributed by atoms with E-state index in [0.717, 1.165) is 37.7 Å². The minimum atomic E-state index is -0.845. The van der Waals surface area contributed by atoms with Crippen LogP contribution in [0.5, 0.6) is 11.5 Å². The summed E-state index contributed by atoms with van der Waals surface area (Å²) in [5.41, 5.74) is 1.58. The molecule has 2 aromatic rings. The van der Waals surface area contributed by atoms with Gasteiger partial charge in [0.05, 0.1) is 13.7 Å². The fourth-order valence-electron chi connectivity index (χ4n) is 4.37. The van der Waals surface area contributed by atoms with Gasteiger partial charge in [-0.15, -0.1) is 11.6 Å². The van der Waals surface area contributed by atoms with Gasteiger partial charge in [0.2, 0.25) is 11.8 Å². The van der Waals surface area contributed by atoms with Crippen molar-refractivity contribution in [3.63, 3.8) is 0 Å². The van der Waals surface area contributed by atoms with Gasteiger partial charge in [-0.05, 0) is 42.5 Å². The number of methoxy groups -OCH3 is 1. The average molecular weight is 487 g/mol. The van der Waals surface area contributed by atoms with Crippen LogP contribution in [0.2, 0.25) is 0 Å². The van der Waals surface area contributed by atoms with E-state index in [4.69, 9.17) is 21.1 Å². The predicted molar refractivity (Wildman–Crippen MR) is 134 cm³/mol. The second-order valence-electron chi connectivity index (χ2n) is 8.65. The minimum Gasteiger partial charge on any atom is -0.493 e. The first kappa shape index (κ1) is 25.9. The number of carbonyl (C=O) groups is 2. The summed E-state index contributed by atoms with van der Waals surface area (Å²) >= 11 is 6.01. The number of ether oxygens (including phenoxy) is 2. The Hall–Kier alpha value is -2.73. The molecule has 0 saturated heterocycles. The van der Waals surface area contributed by atoms with Crippen molar-refractivity contribution < 1.29 is 19.1 Å². The smallest absolute Gasteiger partial charge is 0.247 e. The summed E-state index contributed by atoms with van der Waals surface area (Å²) in [7, 11) is 1.57. The van der Waals surface area contributed by atoms with Crippen molar-refractivity contribution in [2.45, 2.75) is 64.1 Å². The van der Waals surface area contributed by atoms with Crippen LogP contribution >= 0.6 is 11.6 Å². The Morgan fingerprint density at radius 1 is 1.09 bits per heavy atom. The lowest BCUT2D eigenvalue weighted by Gasteiger charge is -2.33. The van der Waals surface area contributed by atoms with Gasteiger partial charge in [0.25, 0.3) is 0 Å². The van der Waals surface area contributed by atoms with Crippen molar-refractivity contribution in [3.8, 4) is 11.5 Å². The topological polar surface area (TPSA) is 67.9 Å². The molecular formula is C27H35ClN2O4. The first-order valence-electron chi connectivity index (χ1n) is 12.1. The number of hydrogen-bond donors (Lipinski definition) is 1. The number of nitrogens with one attached hydrogen (secondary N) is 1. The van der Waals surface area contributed by atoms with Crippen molar-refractivity contribution in [1.29, 1.82) is 0 Å². The van der Waals surface area contributed by atoms with Gasteiger partial charge in [0.1, 0.15) is 11.9 Å². The maximum Gasteiger partial charge on any atom is 0.247 e. The molecule has 3 rings (SSSR count). The zero-order valence-corrected chi connectivity index (χ0v) is 20.9.